The molecule has 8 heteroatoms. The average Bonchev–Trinajstić information content (AvgIpc) is 3.42. The fourth-order valence-electron chi connectivity index (χ4n) is 6.62. The van der Waals surface area contributed by atoms with Crippen LogP contribution in [0.5, 0.6) is 5.75 Å². The molecule has 3 aromatic rings. The molecule has 4 heterocycles. The third kappa shape index (κ3) is 4.35. The molecule has 4 fully saturated rings. The summed E-state index contributed by atoms with van der Waals surface area (Å²) in [6.07, 6.45) is 14.7. The van der Waals surface area contributed by atoms with Gasteiger partial charge in [0.05, 0.1) is 11.5 Å². The summed E-state index contributed by atoms with van der Waals surface area (Å²) in [5, 5.41) is 4.15. The van der Waals surface area contributed by atoms with Crippen molar-refractivity contribution in [2.24, 2.45) is 5.92 Å². The number of carbonyl (C=O) groups is 1. The van der Waals surface area contributed by atoms with Gasteiger partial charge in [0.15, 0.2) is 0 Å². The average molecular weight is 502 g/mol. The molecule has 1 amide bonds. The molecule has 4 aliphatic rings. The quantitative estimate of drug-likeness (QED) is 0.483. The summed E-state index contributed by atoms with van der Waals surface area (Å²) < 4.78 is 14.8. The molecule has 2 aliphatic heterocycles. The Morgan fingerprint density at radius 1 is 1.11 bits per heavy atom. The number of amides is 1. The molecule has 2 saturated heterocycles. The number of rotatable bonds is 7. The van der Waals surface area contributed by atoms with Crippen molar-refractivity contribution in [3.63, 3.8) is 0 Å². The zero-order valence-corrected chi connectivity index (χ0v) is 21.2. The Bertz CT molecular complexity index is 1320. The Balaban J connectivity index is 1.12. The standard InChI is InChI=1S/C29H35N5O3/c30-26-25-24(19-2-1-3-23(14-19)36-16-29-12-10-22(37-29)11-13-29)15-34(27(25)32-17-31-26)21-8-6-20(7-9-21)33-28(35)18-4-5-18/h1-3,14-15,17-18,20-22H,4-13,16H2,(H,33,35)(H2,30,31,32). The molecule has 2 saturated carbocycles. The van der Waals surface area contributed by atoms with E-state index in [1.807, 2.05) is 12.1 Å². The first-order valence-electron chi connectivity index (χ1n) is 13.9. The molecule has 0 spiro atoms. The Labute approximate surface area is 216 Å². The van der Waals surface area contributed by atoms with Gasteiger partial charge in [-0.3, -0.25) is 4.79 Å². The van der Waals surface area contributed by atoms with E-state index >= 15 is 0 Å². The van der Waals surface area contributed by atoms with E-state index in [1.165, 1.54) is 0 Å². The maximum atomic E-state index is 12.2. The second-order valence-electron chi connectivity index (χ2n) is 11.5. The van der Waals surface area contributed by atoms with Crippen LogP contribution >= 0.6 is 0 Å². The second-order valence-corrected chi connectivity index (χ2v) is 11.5. The van der Waals surface area contributed by atoms with Crippen LogP contribution in [0, 0.1) is 5.92 Å². The van der Waals surface area contributed by atoms with Gasteiger partial charge in [-0.25, -0.2) is 9.97 Å². The molecule has 2 aliphatic carbocycles. The zero-order chi connectivity index (χ0) is 25.0. The molecule has 7 rings (SSSR count). The van der Waals surface area contributed by atoms with E-state index < -0.39 is 0 Å². The molecule has 0 atom stereocenters. The maximum absolute atomic E-state index is 12.2. The van der Waals surface area contributed by atoms with Crippen molar-refractivity contribution >= 4 is 22.8 Å². The molecule has 8 nitrogen and oxygen atoms in total. The number of nitrogens with two attached hydrogens (primary N) is 1. The van der Waals surface area contributed by atoms with E-state index in [2.05, 4.69) is 38.2 Å². The minimum Gasteiger partial charge on any atom is -0.491 e. The SMILES string of the molecule is Nc1ncnc2c1c(-c1cccc(OCC34CCC(CC3)O4)c1)cn2C1CCC(NC(=O)C2CC2)CC1. The number of nitrogens with one attached hydrogen (secondary N) is 1. The van der Waals surface area contributed by atoms with Crippen LogP contribution in [0.3, 0.4) is 0 Å². The highest BCUT2D eigenvalue weighted by Crippen LogP contribution is 2.44. The lowest BCUT2D eigenvalue weighted by atomic mass is 9.89. The minimum atomic E-state index is -0.105. The first-order chi connectivity index (χ1) is 18.1. The largest absolute Gasteiger partial charge is 0.491 e. The van der Waals surface area contributed by atoms with Gasteiger partial charge < -0.3 is 25.1 Å². The number of benzene rings is 1. The molecule has 0 radical (unpaired) electrons. The highest BCUT2D eigenvalue weighted by atomic mass is 16.6. The van der Waals surface area contributed by atoms with E-state index in [0.717, 1.165) is 92.1 Å². The number of nitrogen functional groups attached to an aromatic ring is 1. The number of hydrogen-bond donors (Lipinski definition) is 2. The molecule has 37 heavy (non-hydrogen) atoms. The fraction of sp³-hybridized carbons (Fsp3) is 0.552. The Morgan fingerprint density at radius 2 is 1.92 bits per heavy atom. The number of aromatic nitrogens is 3. The summed E-state index contributed by atoms with van der Waals surface area (Å²) in [4.78, 5) is 21.2. The van der Waals surface area contributed by atoms with Gasteiger partial charge in [-0.05, 0) is 81.9 Å². The Kier molecular flexibility index (Phi) is 5.61. The van der Waals surface area contributed by atoms with Crippen molar-refractivity contribution in [1.82, 2.24) is 19.9 Å². The van der Waals surface area contributed by atoms with Gasteiger partial charge in [0.2, 0.25) is 5.91 Å². The van der Waals surface area contributed by atoms with Gasteiger partial charge in [0, 0.05) is 29.8 Å². The van der Waals surface area contributed by atoms with Gasteiger partial charge in [0.25, 0.3) is 0 Å². The third-order valence-corrected chi connectivity index (χ3v) is 8.93. The van der Waals surface area contributed by atoms with Gasteiger partial charge >= 0.3 is 0 Å². The smallest absolute Gasteiger partial charge is 0.223 e. The van der Waals surface area contributed by atoms with Crippen LogP contribution in [0.4, 0.5) is 5.82 Å². The predicted octanol–water partition coefficient (Wildman–Crippen LogP) is 4.78. The maximum Gasteiger partial charge on any atom is 0.223 e. The van der Waals surface area contributed by atoms with Crippen LogP contribution in [-0.2, 0) is 9.53 Å². The fourth-order valence-corrected chi connectivity index (χ4v) is 6.62. The van der Waals surface area contributed by atoms with Crippen LogP contribution in [0.2, 0.25) is 0 Å². The number of hydrogen-bond acceptors (Lipinski definition) is 6. The van der Waals surface area contributed by atoms with Gasteiger partial charge in [-0.1, -0.05) is 12.1 Å². The van der Waals surface area contributed by atoms with Gasteiger partial charge in [0.1, 0.15) is 35.7 Å². The van der Waals surface area contributed by atoms with E-state index in [0.29, 0.717) is 24.6 Å². The van der Waals surface area contributed by atoms with Crippen molar-refractivity contribution < 1.29 is 14.3 Å². The molecular formula is C29H35N5O3. The lowest BCUT2D eigenvalue weighted by Gasteiger charge is -2.30. The summed E-state index contributed by atoms with van der Waals surface area (Å²) in [5.41, 5.74) is 9.24. The monoisotopic (exact) mass is 501 g/mol. The predicted molar refractivity (Wildman–Crippen MR) is 141 cm³/mol. The van der Waals surface area contributed by atoms with Crippen molar-refractivity contribution in [3.05, 3.63) is 36.8 Å². The summed E-state index contributed by atoms with van der Waals surface area (Å²) in [5.74, 6) is 1.83. The number of carbonyl (C=O) groups excluding carboxylic acids is 1. The number of fused-ring (bicyclic) bond motifs is 3. The van der Waals surface area contributed by atoms with E-state index in [-0.39, 0.29) is 23.5 Å². The third-order valence-electron chi connectivity index (χ3n) is 8.93. The van der Waals surface area contributed by atoms with Crippen LogP contribution in [0.1, 0.15) is 70.3 Å². The number of ether oxygens (including phenoxy) is 2. The summed E-state index contributed by atoms with van der Waals surface area (Å²) in [7, 11) is 0. The van der Waals surface area contributed by atoms with Gasteiger partial charge in [-0.2, -0.15) is 0 Å². The lowest BCUT2D eigenvalue weighted by molar-refractivity contribution is -0.123. The number of anilines is 1. The van der Waals surface area contributed by atoms with Crippen molar-refractivity contribution in [3.8, 4) is 16.9 Å². The molecule has 2 bridgehead atoms. The highest BCUT2D eigenvalue weighted by Gasteiger charge is 2.46. The molecule has 2 aromatic heterocycles. The normalized spacial score (nSPS) is 29.0. The first kappa shape index (κ1) is 23.0. The van der Waals surface area contributed by atoms with E-state index in [9.17, 15) is 4.79 Å². The summed E-state index contributed by atoms with van der Waals surface area (Å²) >= 11 is 0. The molecule has 194 valence electrons. The molecule has 3 N–H and O–H groups in total. The lowest BCUT2D eigenvalue weighted by Crippen LogP contribution is -2.38. The zero-order valence-electron chi connectivity index (χ0n) is 21.2. The van der Waals surface area contributed by atoms with Crippen LogP contribution in [0.15, 0.2) is 36.8 Å². The van der Waals surface area contributed by atoms with Gasteiger partial charge in [-0.15, -0.1) is 0 Å². The minimum absolute atomic E-state index is 0.105. The van der Waals surface area contributed by atoms with Crippen molar-refractivity contribution in [2.75, 3.05) is 12.3 Å². The Hall–Kier alpha value is -3.13. The highest BCUT2D eigenvalue weighted by molar-refractivity contribution is 6.00. The van der Waals surface area contributed by atoms with Crippen LogP contribution in [-0.4, -0.2) is 44.8 Å². The first-order valence-corrected chi connectivity index (χ1v) is 13.9. The molecule has 0 unspecified atom stereocenters. The van der Waals surface area contributed by atoms with E-state index in [1.54, 1.807) is 6.33 Å². The molecule has 1 aromatic carbocycles. The van der Waals surface area contributed by atoms with Crippen molar-refractivity contribution in [1.29, 1.82) is 0 Å². The van der Waals surface area contributed by atoms with Crippen LogP contribution < -0.4 is 15.8 Å². The summed E-state index contributed by atoms with van der Waals surface area (Å²) in [6.45, 7) is 0.598. The summed E-state index contributed by atoms with van der Waals surface area (Å²) in [6, 6.07) is 8.82. The molecular weight excluding hydrogens is 466 g/mol. The van der Waals surface area contributed by atoms with Crippen molar-refractivity contribution in [2.45, 2.75) is 88.0 Å². The second kappa shape index (κ2) is 9.01. The topological polar surface area (TPSA) is 104 Å². The van der Waals surface area contributed by atoms with E-state index in [4.69, 9.17) is 15.2 Å². The Morgan fingerprint density at radius 3 is 2.65 bits per heavy atom. The van der Waals surface area contributed by atoms with Crippen LogP contribution in [0.25, 0.3) is 22.2 Å². The number of nitrogens with zero attached hydrogens (tertiary/aromatic N) is 3.